The number of alkyl halides is 3. The Morgan fingerprint density at radius 2 is 1.90 bits per heavy atom. The van der Waals surface area contributed by atoms with Gasteiger partial charge in [-0.25, -0.2) is 8.42 Å². The highest BCUT2D eigenvalue weighted by molar-refractivity contribution is 7.89. The molecule has 6 nitrogen and oxygen atoms in total. The van der Waals surface area contributed by atoms with Crippen LogP contribution in [0, 0.1) is 0 Å². The molecule has 2 rings (SSSR count). The van der Waals surface area contributed by atoms with Gasteiger partial charge in [0.05, 0.1) is 11.8 Å². The quantitative estimate of drug-likeness (QED) is 0.562. The Labute approximate surface area is 181 Å². The molecule has 1 atom stereocenters. The molecule has 1 aromatic carbocycles. The molecule has 0 aliphatic rings. The van der Waals surface area contributed by atoms with Gasteiger partial charge in [-0.15, -0.1) is 0 Å². The maximum absolute atomic E-state index is 12.7. The number of ether oxygens (including phenoxy) is 1. The summed E-state index contributed by atoms with van der Waals surface area (Å²) in [5.41, 5.74) is 1.10. The van der Waals surface area contributed by atoms with Gasteiger partial charge in [-0.2, -0.15) is 22.4 Å². The van der Waals surface area contributed by atoms with Crippen LogP contribution in [0.3, 0.4) is 0 Å². The molecule has 1 heterocycles. The van der Waals surface area contributed by atoms with Crippen LogP contribution in [0.15, 0.2) is 30.5 Å². The number of nitrogens with one attached hydrogen (secondary N) is 1. The second kappa shape index (κ2) is 9.50. The zero-order chi connectivity index (χ0) is 23.4. The SMILES string of the molecule is CCCC(C)Oc1cccc(NCc2cn(S(=O)(=O)CC(F)(F)F)nc2C(C)(C)C)c1. The zero-order valence-electron chi connectivity index (χ0n) is 18.5. The lowest BCUT2D eigenvalue weighted by atomic mass is 9.89. The summed E-state index contributed by atoms with van der Waals surface area (Å²) < 4.78 is 68.7. The van der Waals surface area contributed by atoms with Crippen LogP contribution in [0.5, 0.6) is 5.75 Å². The molecule has 1 unspecified atom stereocenters. The molecule has 0 saturated heterocycles. The largest absolute Gasteiger partial charge is 0.491 e. The fourth-order valence-corrected chi connectivity index (χ4v) is 4.18. The van der Waals surface area contributed by atoms with Gasteiger partial charge < -0.3 is 10.1 Å². The molecule has 0 aliphatic carbocycles. The average molecular weight is 462 g/mol. The van der Waals surface area contributed by atoms with Gasteiger partial charge in [-0.3, -0.25) is 0 Å². The molecule has 0 radical (unpaired) electrons. The van der Waals surface area contributed by atoms with Crippen LogP contribution in [0.25, 0.3) is 0 Å². The second-order valence-electron chi connectivity index (χ2n) is 8.60. The minimum absolute atomic E-state index is 0.0739. The smallest absolute Gasteiger partial charge is 0.404 e. The van der Waals surface area contributed by atoms with E-state index in [0.29, 0.717) is 21.1 Å². The molecule has 10 heteroatoms. The van der Waals surface area contributed by atoms with Crippen molar-refractivity contribution in [3.05, 3.63) is 41.7 Å². The second-order valence-corrected chi connectivity index (χ2v) is 10.4. The van der Waals surface area contributed by atoms with Crippen molar-refractivity contribution in [2.75, 3.05) is 11.1 Å². The van der Waals surface area contributed by atoms with Crippen LogP contribution >= 0.6 is 0 Å². The van der Waals surface area contributed by atoms with E-state index < -0.39 is 27.4 Å². The van der Waals surface area contributed by atoms with Crippen molar-refractivity contribution in [2.45, 2.75) is 71.7 Å². The van der Waals surface area contributed by atoms with Gasteiger partial charge >= 0.3 is 6.18 Å². The number of nitrogens with zero attached hydrogens (tertiary/aromatic N) is 2. The Hall–Kier alpha value is -2.23. The van der Waals surface area contributed by atoms with Crippen LogP contribution < -0.4 is 10.1 Å². The van der Waals surface area contributed by atoms with E-state index >= 15 is 0 Å². The summed E-state index contributed by atoms with van der Waals surface area (Å²) >= 11 is 0. The monoisotopic (exact) mass is 461 g/mol. The Balaban J connectivity index is 2.24. The molecule has 0 aliphatic heterocycles. The van der Waals surface area contributed by atoms with E-state index in [1.165, 1.54) is 0 Å². The number of benzene rings is 1. The van der Waals surface area contributed by atoms with Crippen molar-refractivity contribution in [3.8, 4) is 5.75 Å². The Kier molecular flexibility index (Phi) is 7.67. The van der Waals surface area contributed by atoms with E-state index in [-0.39, 0.29) is 12.6 Å². The van der Waals surface area contributed by atoms with Gasteiger partial charge in [-0.05, 0) is 25.5 Å². The van der Waals surface area contributed by atoms with Crippen LogP contribution in [-0.4, -0.2) is 35.6 Å². The van der Waals surface area contributed by atoms with Crippen LogP contribution in [-0.2, 0) is 22.0 Å². The molecule has 1 aromatic heterocycles. The lowest BCUT2D eigenvalue weighted by molar-refractivity contribution is -0.106. The average Bonchev–Trinajstić information content (AvgIpc) is 3.04. The summed E-state index contributed by atoms with van der Waals surface area (Å²) in [4.78, 5) is 0. The van der Waals surface area contributed by atoms with Gasteiger partial charge in [0.25, 0.3) is 10.0 Å². The predicted octanol–water partition coefficient (Wildman–Crippen LogP) is 5.10. The summed E-state index contributed by atoms with van der Waals surface area (Å²) in [5, 5.41) is 7.17. The molecule has 0 fully saturated rings. The molecule has 31 heavy (non-hydrogen) atoms. The number of hydrogen-bond donors (Lipinski definition) is 1. The third-order valence-electron chi connectivity index (χ3n) is 4.46. The van der Waals surface area contributed by atoms with Crippen molar-refractivity contribution < 1.29 is 26.3 Å². The summed E-state index contributed by atoms with van der Waals surface area (Å²) in [6, 6.07) is 7.34. The Morgan fingerprint density at radius 3 is 2.48 bits per heavy atom. The van der Waals surface area contributed by atoms with Crippen LogP contribution in [0.2, 0.25) is 0 Å². The first-order chi connectivity index (χ1) is 14.2. The topological polar surface area (TPSA) is 73.2 Å². The molecule has 0 saturated carbocycles. The first kappa shape index (κ1) is 25.0. The zero-order valence-corrected chi connectivity index (χ0v) is 19.3. The number of hydrogen-bond acceptors (Lipinski definition) is 5. The molecular weight excluding hydrogens is 431 g/mol. The fourth-order valence-electron chi connectivity index (χ4n) is 3.14. The van der Waals surface area contributed by atoms with E-state index in [1.807, 2.05) is 52.0 Å². The van der Waals surface area contributed by atoms with Crippen molar-refractivity contribution in [3.63, 3.8) is 0 Å². The lowest BCUT2D eigenvalue weighted by Gasteiger charge is -2.18. The molecule has 0 bridgehead atoms. The highest BCUT2D eigenvalue weighted by atomic mass is 32.2. The van der Waals surface area contributed by atoms with Crippen molar-refractivity contribution in [1.82, 2.24) is 9.19 Å². The number of halogens is 3. The number of rotatable bonds is 9. The van der Waals surface area contributed by atoms with Gasteiger partial charge in [0.1, 0.15) is 5.75 Å². The standard InChI is InChI=1S/C21H30F3N3O3S/c1-6-8-15(2)30-18-10-7-9-17(11-18)25-12-16-13-27(26-19(16)20(3,4)5)31(28,29)14-21(22,23)24/h7,9-11,13,15,25H,6,8,12,14H2,1-5H3. The molecule has 1 N–H and O–H groups in total. The number of anilines is 1. The van der Waals surface area contributed by atoms with E-state index in [0.717, 1.165) is 24.7 Å². The molecule has 2 aromatic rings. The first-order valence-electron chi connectivity index (χ1n) is 10.1. The first-order valence-corrected chi connectivity index (χ1v) is 11.7. The lowest BCUT2D eigenvalue weighted by Crippen LogP contribution is -2.28. The molecule has 0 spiro atoms. The van der Waals surface area contributed by atoms with Gasteiger partial charge in [0.15, 0.2) is 5.75 Å². The van der Waals surface area contributed by atoms with E-state index in [4.69, 9.17) is 4.74 Å². The van der Waals surface area contributed by atoms with E-state index in [2.05, 4.69) is 17.3 Å². The number of aromatic nitrogens is 2. The van der Waals surface area contributed by atoms with E-state index in [9.17, 15) is 21.6 Å². The highest BCUT2D eigenvalue weighted by Gasteiger charge is 2.37. The van der Waals surface area contributed by atoms with Crippen molar-refractivity contribution in [2.24, 2.45) is 0 Å². The third kappa shape index (κ3) is 7.45. The third-order valence-corrected chi connectivity index (χ3v) is 5.91. The highest BCUT2D eigenvalue weighted by Crippen LogP contribution is 2.27. The minimum atomic E-state index is -4.85. The van der Waals surface area contributed by atoms with Crippen molar-refractivity contribution >= 4 is 15.7 Å². The van der Waals surface area contributed by atoms with E-state index in [1.54, 1.807) is 0 Å². The molecule has 174 valence electrons. The predicted molar refractivity (Wildman–Crippen MR) is 115 cm³/mol. The van der Waals surface area contributed by atoms with Gasteiger partial charge in [0, 0.05) is 35.5 Å². The van der Waals surface area contributed by atoms with Crippen molar-refractivity contribution in [1.29, 1.82) is 0 Å². The van der Waals surface area contributed by atoms with Gasteiger partial charge in [0.2, 0.25) is 0 Å². The normalized spacial score (nSPS) is 13.8. The maximum atomic E-state index is 12.7. The molecular formula is C21H30F3N3O3S. The molecule has 0 amide bonds. The maximum Gasteiger partial charge on any atom is 0.404 e. The van der Waals surface area contributed by atoms with Crippen LogP contribution in [0.1, 0.15) is 58.7 Å². The van der Waals surface area contributed by atoms with Gasteiger partial charge in [-0.1, -0.05) is 40.2 Å². The summed E-state index contributed by atoms with van der Waals surface area (Å²) in [5.74, 6) is -1.27. The summed E-state index contributed by atoms with van der Waals surface area (Å²) in [6.45, 7) is 9.74. The minimum Gasteiger partial charge on any atom is -0.491 e. The summed E-state index contributed by atoms with van der Waals surface area (Å²) in [6.07, 6.45) is -1.68. The fraction of sp³-hybridized carbons (Fsp3) is 0.571. The Bertz CT molecular complexity index is 980. The van der Waals surface area contributed by atoms with Crippen LogP contribution in [0.4, 0.5) is 18.9 Å². The summed E-state index contributed by atoms with van der Waals surface area (Å²) in [7, 11) is -4.66. The Morgan fingerprint density at radius 1 is 1.23 bits per heavy atom.